The van der Waals surface area contributed by atoms with Crippen molar-refractivity contribution in [2.75, 3.05) is 17.6 Å². The molecule has 0 bridgehead atoms. The van der Waals surface area contributed by atoms with E-state index in [0.29, 0.717) is 12.5 Å². The van der Waals surface area contributed by atoms with Crippen molar-refractivity contribution >= 4 is 22.1 Å². The average molecular weight is 243 g/mol. The Balaban J connectivity index is 1.85. The molecule has 2 aromatic rings. The van der Waals surface area contributed by atoms with Gasteiger partial charge in [-0.3, -0.25) is 4.98 Å². The number of hydrogen-bond acceptors (Lipinski definition) is 4. The Morgan fingerprint density at radius 2 is 2.17 bits per heavy atom. The molecule has 1 aromatic carbocycles. The van der Waals surface area contributed by atoms with E-state index < -0.39 is 0 Å². The topological polar surface area (TPSA) is 71.2 Å². The molecule has 1 unspecified atom stereocenters. The zero-order valence-electron chi connectivity index (χ0n) is 10.1. The lowest BCUT2D eigenvalue weighted by atomic mass is 10.1. The third-order valence-electron chi connectivity index (χ3n) is 3.52. The van der Waals surface area contributed by atoms with Crippen LogP contribution in [0.1, 0.15) is 12.8 Å². The van der Waals surface area contributed by atoms with Crippen LogP contribution in [0.25, 0.3) is 10.8 Å². The minimum absolute atomic E-state index is 0.251. The molecule has 4 nitrogen and oxygen atoms in total. The van der Waals surface area contributed by atoms with Crippen LogP contribution in [0.15, 0.2) is 30.6 Å². The van der Waals surface area contributed by atoms with Gasteiger partial charge in [0.25, 0.3) is 0 Å². The molecule has 3 rings (SSSR count). The highest BCUT2D eigenvalue weighted by Gasteiger charge is 2.29. The molecule has 1 atom stereocenters. The summed E-state index contributed by atoms with van der Waals surface area (Å²) in [6, 6.07) is 5.77. The second-order valence-electron chi connectivity index (χ2n) is 4.91. The number of anilines is 2. The first-order chi connectivity index (χ1) is 8.75. The summed E-state index contributed by atoms with van der Waals surface area (Å²) >= 11 is 0. The van der Waals surface area contributed by atoms with Crippen LogP contribution < -0.4 is 11.1 Å². The molecule has 1 aromatic heterocycles. The van der Waals surface area contributed by atoms with Gasteiger partial charge in [0.1, 0.15) is 0 Å². The van der Waals surface area contributed by atoms with Crippen LogP contribution in [0.4, 0.5) is 11.4 Å². The zero-order valence-corrected chi connectivity index (χ0v) is 10.1. The fourth-order valence-corrected chi connectivity index (χ4v) is 2.23. The molecule has 0 saturated heterocycles. The van der Waals surface area contributed by atoms with E-state index in [1.165, 1.54) is 0 Å². The van der Waals surface area contributed by atoms with Crippen LogP contribution in [-0.4, -0.2) is 22.7 Å². The van der Waals surface area contributed by atoms with Crippen LogP contribution in [0.5, 0.6) is 0 Å². The Morgan fingerprint density at radius 3 is 2.94 bits per heavy atom. The van der Waals surface area contributed by atoms with Gasteiger partial charge in [0.05, 0.1) is 6.10 Å². The van der Waals surface area contributed by atoms with E-state index in [4.69, 9.17) is 5.73 Å². The Labute approximate surface area is 106 Å². The summed E-state index contributed by atoms with van der Waals surface area (Å²) in [6.45, 7) is 0.589. The number of nitrogens with one attached hydrogen (secondary N) is 1. The quantitative estimate of drug-likeness (QED) is 0.718. The summed E-state index contributed by atoms with van der Waals surface area (Å²) in [5.41, 5.74) is 7.65. The lowest BCUT2D eigenvalue weighted by Gasteiger charge is -2.14. The maximum atomic E-state index is 9.88. The van der Waals surface area contributed by atoms with Crippen molar-refractivity contribution in [1.82, 2.24) is 4.98 Å². The number of aliphatic hydroxyl groups is 1. The molecule has 0 aliphatic heterocycles. The summed E-state index contributed by atoms with van der Waals surface area (Å²) in [7, 11) is 0. The van der Waals surface area contributed by atoms with Gasteiger partial charge in [0, 0.05) is 41.1 Å². The molecule has 1 fully saturated rings. The van der Waals surface area contributed by atoms with Gasteiger partial charge < -0.3 is 16.2 Å². The van der Waals surface area contributed by atoms with Crippen LogP contribution in [-0.2, 0) is 0 Å². The van der Waals surface area contributed by atoms with Crippen LogP contribution in [0.3, 0.4) is 0 Å². The molecular formula is C14H17N3O. The molecule has 1 aliphatic carbocycles. The van der Waals surface area contributed by atoms with Crippen molar-refractivity contribution in [3.05, 3.63) is 30.6 Å². The van der Waals surface area contributed by atoms with E-state index in [9.17, 15) is 5.11 Å². The molecular weight excluding hydrogens is 226 g/mol. The predicted molar refractivity (Wildman–Crippen MR) is 73.4 cm³/mol. The van der Waals surface area contributed by atoms with E-state index in [2.05, 4.69) is 10.3 Å². The fourth-order valence-electron chi connectivity index (χ4n) is 2.23. The maximum Gasteiger partial charge on any atom is 0.0740 e. The number of aliphatic hydroxyl groups excluding tert-OH is 1. The Kier molecular flexibility index (Phi) is 2.80. The Hall–Kier alpha value is -1.81. The van der Waals surface area contributed by atoms with Gasteiger partial charge in [-0.1, -0.05) is 0 Å². The molecule has 0 spiro atoms. The first kappa shape index (κ1) is 11.3. The fraction of sp³-hybridized carbons (Fsp3) is 0.357. The van der Waals surface area contributed by atoms with Gasteiger partial charge >= 0.3 is 0 Å². The number of hydrogen-bond donors (Lipinski definition) is 3. The van der Waals surface area contributed by atoms with E-state index in [1.54, 1.807) is 12.4 Å². The SMILES string of the molecule is Nc1ccc(NCC(O)C2CC2)c2ccncc12. The number of nitrogens with zero attached hydrogens (tertiary/aromatic N) is 1. The molecule has 1 aliphatic rings. The smallest absolute Gasteiger partial charge is 0.0740 e. The van der Waals surface area contributed by atoms with Crippen molar-refractivity contribution in [2.45, 2.75) is 18.9 Å². The van der Waals surface area contributed by atoms with Gasteiger partial charge in [-0.05, 0) is 37.0 Å². The van der Waals surface area contributed by atoms with Gasteiger partial charge in [-0.15, -0.1) is 0 Å². The van der Waals surface area contributed by atoms with Crippen LogP contribution >= 0.6 is 0 Å². The van der Waals surface area contributed by atoms with Crippen molar-refractivity contribution in [3.63, 3.8) is 0 Å². The number of benzene rings is 1. The van der Waals surface area contributed by atoms with Gasteiger partial charge in [0.2, 0.25) is 0 Å². The number of fused-ring (bicyclic) bond motifs is 1. The number of nitrogens with two attached hydrogens (primary N) is 1. The third-order valence-corrected chi connectivity index (χ3v) is 3.52. The molecule has 94 valence electrons. The first-order valence-corrected chi connectivity index (χ1v) is 6.30. The lowest BCUT2D eigenvalue weighted by molar-refractivity contribution is 0.164. The van der Waals surface area contributed by atoms with Gasteiger partial charge in [-0.25, -0.2) is 0 Å². The maximum absolute atomic E-state index is 9.88. The summed E-state index contributed by atoms with van der Waals surface area (Å²) < 4.78 is 0. The molecule has 18 heavy (non-hydrogen) atoms. The Morgan fingerprint density at radius 1 is 1.33 bits per heavy atom. The molecule has 1 heterocycles. The van der Waals surface area contributed by atoms with E-state index in [0.717, 1.165) is 35.0 Å². The number of pyridine rings is 1. The first-order valence-electron chi connectivity index (χ1n) is 6.30. The van der Waals surface area contributed by atoms with Gasteiger partial charge in [0.15, 0.2) is 0 Å². The largest absolute Gasteiger partial charge is 0.398 e. The summed E-state index contributed by atoms with van der Waals surface area (Å²) in [6.07, 6.45) is 5.57. The number of rotatable bonds is 4. The normalized spacial score (nSPS) is 16.7. The molecule has 4 heteroatoms. The zero-order chi connectivity index (χ0) is 12.5. The van der Waals surface area contributed by atoms with E-state index >= 15 is 0 Å². The third kappa shape index (κ3) is 2.11. The number of nitrogen functional groups attached to an aromatic ring is 1. The van der Waals surface area contributed by atoms with Gasteiger partial charge in [-0.2, -0.15) is 0 Å². The Bertz CT molecular complexity index is 566. The van der Waals surface area contributed by atoms with Crippen LogP contribution in [0, 0.1) is 5.92 Å². The number of aromatic nitrogens is 1. The monoisotopic (exact) mass is 243 g/mol. The second-order valence-corrected chi connectivity index (χ2v) is 4.91. The summed E-state index contributed by atoms with van der Waals surface area (Å²) in [5.74, 6) is 0.485. The van der Waals surface area contributed by atoms with Crippen molar-refractivity contribution in [1.29, 1.82) is 0 Å². The van der Waals surface area contributed by atoms with E-state index in [1.807, 2.05) is 18.2 Å². The summed E-state index contributed by atoms with van der Waals surface area (Å²) in [5, 5.41) is 15.2. The summed E-state index contributed by atoms with van der Waals surface area (Å²) in [4.78, 5) is 4.09. The highest BCUT2D eigenvalue weighted by molar-refractivity contribution is 6.00. The van der Waals surface area contributed by atoms with Crippen molar-refractivity contribution < 1.29 is 5.11 Å². The lowest BCUT2D eigenvalue weighted by Crippen LogP contribution is -2.21. The van der Waals surface area contributed by atoms with Crippen molar-refractivity contribution in [2.24, 2.45) is 5.92 Å². The average Bonchev–Trinajstić information content (AvgIpc) is 3.22. The molecule has 1 saturated carbocycles. The minimum atomic E-state index is -0.251. The molecule has 0 amide bonds. The minimum Gasteiger partial charge on any atom is -0.398 e. The van der Waals surface area contributed by atoms with Crippen molar-refractivity contribution in [3.8, 4) is 0 Å². The molecule has 0 radical (unpaired) electrons. The standard InChI is InChI=1S/C14H17N3O/c15-12-3-4-13(10-5-6-16-7-11(10)12)17-8-14(18)9-1-2-9/h3-7,9,14,17-18H,1-2,8,15H2. The van der Waals surface area contributed by atoms with E-state index in [-0.39, 0.29) is 6.10 Å². The highest BCUT2D eigenvalue weighted by atomic mass is 16.3. The molecule has 4 N–H and O–H groups in total. The highest BCUT2D eigenvalue weighted by Crippen LogP contribution is 2.33. The second kappa shape index (κ2) is 4.46. The predicted octanol–water partition coefficient (Wildman–Crippen LogP) is 2.00. The van der Waals surface area contributed by atoms with Crippen LogP contribution in [0.2, 0.25) is 0 Å².